The Morgan fingerprint density at radius 3 is 2.50 bits per heavy atom. The number of hydrogen-bond donors (Lipinski definition) is 1. The van der Waals surface area contributed by atoms with Gasteiger partial charge in [0, 0.05) is 11.9 Å². The van der Waals surface area contributed by atoms with Gasteiger partial charge in [0.1, 0.15) is 5.70 Å². The van der Waals surface area contributed by atoms with Crippen LogP contribution >= 0.6 is 0 Å². The molecule has 1 aromatic carbocycles. The molecule has 0 fully saturated rings. The van der Waals surface area contributed by atoms with E-state index in [-0.39, 0.29) is 23.6 Å². The highest BCUT2D eigenvalue weighted by atomic mass is 16.5. The molecule has 0 spiro atoms. The van der Waals surface area contributed by atoms with Crippen LogP contribution in [0.5, 0.6) is 0 Å². The zero-order chi connectivity index (χ0) is 20.5. The van der Waals surface area contributed by atoms with Crippen molar-refractivity contribution >= 4 is 23.5 Å². The summed E-state index contributed by atoms with van der Waals surface area (Å²) in [6.07, 6.45) is 6.75. The largest absolute Gasteiger partial charge is 0.465 e. The first-order chi connectivity index (χ1) is 13.3. The summed E-state index contributed by atoms with van der Waals surface area (Å²) in [7, 11) is 2.50. The van der Waals surface area contributed by atoms with Gasteiger partial charge in [0.2, 0.25) is 5.91 Å². The highest BCUT2D eigenvalue weighted by Gasteiger charge is 2.32. The van der Waals surface area contributed by atoms with E-state index in [1.807, 2.05) is 32.0 Å². The van der Waals surface area contributed by atoms with Gasteiger partial charge in [0.25, 0.3) is 0 Å². The lowest BCUT2D eigenvalue weighted by atomic mass is 9.84. The number of allylic oxidation sites excluding steroid dienone is 2. The molecule has 0 unspecified atom stereocenters. The zero-order valence-corrected chi connectivity index (χ0v) is 16.2. The topological polar surface area (TPSA) is 84.9 Å². The highest BCUT2D eigenvalue weighted by molar-refractivity contribution is 6.05. The molecule has 0 saturated carbocycles. The Bertz CT molecular complexity index is 940. The number of carbonyl (C=O) groups is 3. The third-order valence-corrected chi connectivity index (χ3v) is 4.73. The van der Waals surface area contributed by atoms with Crippen LogP contribution in [-0.4, -0.2) is 32.1 Å². The molecule has 0 atom stereocenters. The Hall–Kier alpha value is -3.35. The Balaban J connectivity index is 2.16. The van der Waals surface area contributed by atoms with Gasteiger partial charge in [-0.2, -0.15) is 0 Å². The Morgan fingerprint density at radius 2 is 1.82 bits per heavy atom. The third kappa shape index (κ3) is 3.43. The van der Waals surface area contributed by atoms with E-state index < -0.39 is 17.5 Å². The molecular formula is C21H22N2O5. The van der Waals surface area contributed by atoms with Gasteiger partial charge >= 0.3 is 11.9 Å². The number of rotatable bonds is 3. The van der Waals surface area contributed by atoms with Crippen molar-refractivity contribution in [2.24, 2.45) is 0 Å². The monoisotopic (exact) mass is 382 g/mol. The maximum absolute atomic E-state index is 12.5. The number of ether oxygens (including phenoxy) is 2. The van der Waals surface area contributed by atoms with Crippen LogP contribution in [0.3, 0.4) is 0 Å². The van der Waals surface area contributed by atoms with Gasteiger partial charge in [0.15, 0.2) is 0 Å². The van der Waals surface area contributed by atoms with Crippen molar-refractivity contribution in [3.63, 3.8) is 0 Å². The zero-order valence-electron chi connectivity index (χ0n) is 16.2. The van der Waals surface area contributed by atoms with Gasteiger partial charge in [-0.25, -0.2) is 9.59 Å². The van der Waals surface area contributed by atoms with Crippen LogP contribution < -0.4 is 10.2 Å². The van der Waals surface area contributed by atoms with E-state index in [4.69, 9.17) is 9.47 Å². The van der Waals surface area contributed by atoms with E-state index in [1.165, 1.54) is 20.3 Å². The van der Waals surface area contributed by atoms with Crippen LogP contribution in [0.4, 0.5) is 5.69 Å². The van der Waals surface area contributed by atoms with E-state index in [0.29, 0.717) is 5.69 Å². The molecule has 7 nitrogen and oxygen atoms in total. The number of carbonyl (C=O) groups excluding carboxylic acids is 3. The van der Waals surface area contributed by atoms with Gasteiger partial charge in [0.05, 0.1) is 31.8 Å². The number of nitrogens with zero attached hydrogens (tertiary/aromatic N) is 1. The second-order valence-electron chi connectivity index (χ2n) is 7.01. The van der Waals surface area contributed by atoms with E-state index >= 15 is 0 Å². The molecular weight excluding hydrogens is 360 g/mol. The van der Waals surface area contributed by atoms with Gasteiger partial charge < -0.3 is 19.7 Å². The lowest BCUT2D eigenvalue weighted by Gasteiger charge is -2.34. The molecule has 3 rings (SSSR count). The smallest absolute Gasteiger partial charge is 0.355 e. The van der Waals surface area contributed by atoms with Crippen molar-refractivity contribution in [1.29, 1.82) is 0 Å². The third-order valence-electron chi connectivity index (χ3n) is 4.73. The number of anilines is 1. The minimum atomic E-state index is -0.674. The average Bonchev–Trinajstić information content (AvgIpc) is 2.88. The molecule has 7 heteroatoms. The quantitative estimate of drug-likeness (QED) is 0.806. The van der Waals surface area contributed by atoms with Crippen LogP contribution in [-0.2, 0) is 35.8 Å². The molecule has 1 amide bonds. The molecule has 0 saturated heterocycles. The fourth-order valence-corrected chi connectivity index (χ4v) is 3.48. The van der Waals surface area contributed by atoms with Gasteiger partial charge in [-0.3, -0.25) is 4.79 Å². The second kappa shape index (κ2) is 7.34. The maximum atomic E-state index is 12.5. The molecule has 2 aliphatic heterocycles. The molecule has 0 aromatic heterocycles. The van der Waals surface area contributed by atoms with Crippen LogP contribution in [0.25, 0.3) is 0 Å². The fraction of sp³-hybridized carbons (Fsp3) is 0.286. The first-order valence-electron chi connectivity index (χ1n) is 8.78. The molecule has 2 aliphatic rings. The number of methoxy groups -OCH3 is 2. The first-order valence-corrected chi connectivity index (χ1v) is 8.78. The van der Waals surface area contributed by atoms with Crippen LogP contribution in [0.15, 0.2) is 53.9 Å². The lowest BCUT2D eigenvalue weighted by molar-refractivity contribution is -0.139. The molecule has 28 heavy (non-hydrogen) atoms. The molecule has 1 aromatic rings. The van der Waals surface area contributed by atoms with E-state index in [0.717, 1.165) is 11.1 Å². The molecule has 2 heterocycles. The Kier molecular flexibility index (Phi) is 5.09. The summed E-state index contributed by atoms with van der Waals surface area (Å²) in [5, 5.41) is 2.97. The summed E-state index contributed by atoms with van der Waals surface area (Å²) in [5.74, 6) is -1.39. The van der Waals surface area contributed by atoms with E-state index in [2.05, 4.69) is 5.32 Å². The van der Waals surface area contributed by atoms with Crippen molar-refractivity contribution < 1.29 is 23.9 Å². The van der Waals surface area contributed by atoms with Crippen molar-refractivity contribution in [2.45, 2.75) is 25.8 Å². The standard InChI is InChI=1S/C21H22N2O5/c1-21(2)16-9-8-14(11-13(16)12-17(24)22-21)23-10-6-5-7-15(19(25)27-3)18(23)20(26)28-4/h5-11H,12H2,1-4H3,(H,22,24). The molecule has 146 valence electrons. The summed E-state index contributed by atoms with van der Waals surface area (Å²) >= 11 is 0. The molecule has 0 aliphatic carbocycles. The lowest BCUT2D eigenvalue weighted by Crippen LogP contribution is -2.46. The van der Waals surface area contributed by atoms with E-state index in [1.54, 1.807) is 23.3 Å². The van der Waals surface area contributed by atoms with Crippen molar-refractivity contribution in [1.82, 2.24) is 5.32 Å². The number of nitrogens with one attached hydrogen (secondary N) is 1. The van der Waals surface area contributed by atoms with Crippen LogP contribution in [0, 0.1) is 0 Å². The minimum absolute atomic E-state index is 0.0406. The molecule has 1 N–H and O–H groups in total. The Morgan fingerprint density at radius 1 is 1.11 bits per heavy atom. The van der Waals surface area contributed by atoms with Gasteiger partial charge in [-0.05, 0) is 49.3 Å². The van der Waals surface area contributed by atoms with Crippen molar-refractivity contribution in [3.05, 3.63) is 65.0 Å². The number of fused-ring (bicyclic) bond motifs is 1. The summed E-state index contributed by atoms with van der Waals surface area (Å²) in [6, 6.07) is 5.61. The number of amides is 1. The minimum Gasteiger partial charge on any atom is -0.465 e. The van der Waals surface area contributed by atoms with Crippen LogP contribution in [0.1, 0.15) is 25.0 Å². The average molecular weight is 382 g/mol. The summed E-state index contributed by atoms with van der Waals surface area (Å²) in [6.45, 7) is 3.88. The summed E-state index contributed by atoms with van der Waals surface area (Å²) in [5.41, 5.74) is 2.13. The predicted octanol–water partition coefficient (Wildman–Crippen LogP) is 2.08. The molecule has 0 radical (unpaired) electrons. The maximum Gasteiger partial charge on any atom is 0.355 e. The summed E-state index contributed by atoms with van der Waals surface area (Å²) < 4.78 is 9.73. The number of esters is 2. The molecule has 0 bridgehead atoms. The SMILES string of the molecule is COC(=O)C1=C(C(=O)OC)N(c2ccc3c(c2)CC(=O)NC3(C)C)C=CC=C1. The van der Waals surface area contributed by atoms with Crippen molar-refractivity contribution in [3.8, 4) is 0 Å². The van der Waals surface area contributed by atoms with Crippen molar-refractivity contribution in [2.75, 3.05) is 19.1 Å². The number of benzene rings is 1. The van der Waals surface area contributed by atoms with Gasteiger partial charge in [-0.15, -0.1) is 0 Å². The van der Waals surface area contributed by atoms with E-state index in [9.17, 15) is 14.4 Å². The normalized spacial score (nSPS) is 17.6. The summed E-state index contributed by atoms with van der Waals surface area (Å²) in [4.78, 5) is 38.4. The predicted molar refractivity (Wildman–Crippen MR) is 103 cm³/mol. The van der Waals surface area contributed by atoms with Gasteiger partial charge in [-0.1, -0.05) is 12.1 Å². The number of hydrogen-bond acceptors (Lipinski definition) is 6. The van der Waals surface area contributed by atoms with Crippen LogP contribution in [0.2, 0.25) is 0 Å². The Labute approximate surface area is 163 Å². The fourth-order valence-electron chi connectivity index (χ4n) is 3.48. The first kappa shape index (κ1) is 19.4. The second-order valence-corrected chi connectivity index (χ2v) is 7.01. The highest BCUT2D eigenvalue weighted by Crippen LogP contribution is 2.34.